The number of rotatable bonds is 4. The summed E-state index contributed by atoms with van der Waals surface area (Å²) in [5.74, 6) is 1.05. The predicted octanol–water partition coefficient (Wildman–Crippen LogP) is 2.08. The fourth-order valence-electron chi connectivity index (χ4n) is 4.53. The lowest BCUT2D eigenvalue weighted by atomic mass is 9.94. The Morgan fingerprint density at radius 3 is 2.36 bits per heavy atom. The maximum Gasteiger partial charge on any atom is 0.260 e. The molecule has 0 radical (unpaired) electrons. The number of nitrogens with one attached hydrogen (secondary N) is 1. The third kappa shape index (κ3) is 4.97. The number of amides is 2. The Bertz CT molecular complexity index is 664. The zero-order chi connectivity index (χ0) is 18.6. The van der Waals surface area contributed by atoms with E-state index in [1.54, 1.807) is 0 Å². The van der Waals surface area contributed by atoms with E-state index in [0.29, 0.717) is 30.9 Å². The van der Waals surface area contributed by atoms with Crippen molar-refractivity contribution in [3.63, 3.8) is 0 Å². The van der Waals surface area contributed by atoms with Crippen molar-refractivity contribution >= 4 is 24.2 Å². The molecule has 3 aliphatic rings. The zero-order valence-electron chi connectivity index (χ0n) is 16.2. The maximum atomic E-state index is 12.9. The number of fused-ring (bicyclic) bond motifs is 2. The highest BCUT2D eigenvalue weighted by Crippen LogP contribution is 2.25. The monoisotopic (exact) mass is 407 g/mol. The van der Waals surface area contributed by atoms with Crippen molar-refractivity contribution in [2.24, 2.45) is 5.92 Å². The number of hydrogen-bond donors (Lipinski definition) is 1. The summed E-state index contributed by atoms with van der Waals surface area (Å²) in [6.45, 7) is 3.07. The Morgan fingerprint density at radius 2 is 1.61 bits per heavy atom. The lowest BCUT2D eigenvalue weighted by Gasteiger charge is -2.34. The van der Waals surface area contributed by atoms with Crippen molar-refractivity contribution in [2.45, 2.75) is 44.2 Å². The summed E-state index contributed by atoms with van der Waals surface area (Å²) in [5, 5.41) is 3.63. The summed E-state index contributed by atoms with van der Waals surface area (Å²) in [6, 6.07) is 10.5. The molecule has 154 valence electrons. The van der Waals surface area contributed by atoms with Gasteiger partial charge >= 0.3 is 0 Å². The van der Waals surface area contributed by atoms with Gasteiger partial charge in [0.2, 0.25) is 5.91 Å². The van der Waals surface area contributed by atoms with Crippen molar-refractivity contribution in [2.75, 3.05) is 32.8 Å². The average Bonchev–Trinajstić information content (AvgIpc) is 3.05. The van der Waals surface area contributed by atoms with E-state index in [1.807, 2.05) is 35.2 Å². The van der Waals surface area contributed by atoms with Crippen LogP contribution in [0.15, 0.2) is 30.3 Å². The van der Waals surface area contributed by atoms with E-state index in [4.69, 9.17) is 4.74 Å². The van der Waals surface area contributed by atoms with Gasteiger partial charge in [0.1, 0.15) is 5.75 Å². The van der Waals surface area contributed by atoms with Crippen molar-refractivity contribution < 1.29 is 14.3 Å². The van der Waals surface area contributed by atoms with Crippen molar-refractivity contribution in [3.05, 3.63) is 30.3 Å². The molecule has 6 nitrogen and oxygen atoms in total. The molecule has 2 unspecified atom stereocenters. The van der Waals surface area contributed by atoms with Gasteiger partial charge in [-0.25, -0.2) is 0 Å². The van der Waals surface area contributed by atoms with Crippen LogP contribution in [0.4, 0.5) is 0 Å². The zero-order valence-corrected chi connectivity index (χ0v) is 17.0. The summed E-state index contributed by atoms with van der Waals surface area (Å²) >= 11 is 0. The van der Waals surface area contributed by atoms with Gasteiger partial charge in [0.15, 0.2) is 6.61 Å². The predicted molar refractivity (Wildman–Crippen MR) is 110 cm³/mol. The molecule has 1 aromatic rings. The highest BCUT2D eigenvalue weighted by Gasteiger charge is 2.35. The van der Waals surface area contributed by atoms with Crippen LogP contribution in [0.25, 0.3) is 0 Å². The van der Waals surface area contributed by atoms with E-state index in [9.17, 15) is 9.59 Å². The Hall–Kier alpha value is -1.79. The van der Waals surface area contributed by atoms with Gasteiger partial charge in [-0.05, 0) is 44.2 Å². The number of nitrogens with zero attached hydrogens (tertiary/aromatic N) is 2. The van der Waals surface area contributed by atoms with Gasteiger partial charge in [-0.1, -0.05) is 18.2 Å². The summed E-state index contributed by atoms with van der Waals surface area (Å²) in [7, 11) is 0. The SMILES string of the molecule is Cl.O=C(COc1ccccc1)N1CCC(C(=O)N2CCC3CCC(C2)N3)CC1. The molecule has 1 N–H and O–H groups in total. The number of carbonyl (C=O) groups is 2. The molecule has 3 saturated heterocycles. The number of para-hydroxylation sites is 1. The van der Waals surface area contributed by atoms with Gasteiger partial charge in [-0.2, -0.15) is 0 Å². The fourth-order valence-corrected chi connectivity index (χ4v) is 4.53. The summed E-state index contributed by atoms with van der Waals surface area (Å²) in [4.78, 5) is 29.2. The number of hydrogen-bond acceptors (Lipinski definition) is 4. The third-order valence-corrected chi connectivity index (χ3v) is 6.14. The molecule has 3 heterocycles. The van der Waals surface area contributed by atoms with Crippen molar-refractivity contribution in [1.29, 1.82) is 0 Å². The first-order chi connectivity index (χ1) is 13.2. The molecule has 3 aliphatic heterocycles. The van der Waals surface area contributed by atoms with Gasteiger partial charge < -0.3 is 19.9 Å². The summed E-state index contributed by atoms with van der Waals surface area (Å²) in [5.41, 5.74) is 0. The third-order valence-electron chi connectivity index (χ3n) is 6.14. The van der Waals surface area contributed by atoms with Crippen LogP contribution >= 0.6 is 12.4 Å². The van der Waals surface area contributed by atoms with Crippen LogP contribution in [0.3, 0.4) is 0 Å². The van der Waals surface area contributed by atoms with Crippen LogP contribution < -0.4 is 10.1 Å². The number of carbonyl (C=O) groups excluding carboxylic acids is 2. The smallest absolute Gasteiger partial charge is 0.260 e. The molecule has 0 saturated carbocycles. The Morgan fingerprint density at radius 1 is 0.929 bits per heavy atom. The van der Waals surface area contributed by atoms with Crippen LogP contribution in [0.2, 0.25) is 0 Å². The molecule has 0 aliphatic carbocycles. The molecule has 0 spiro atoms. The van der Waals surface area contributed by atoms with E-state index in [-0.39, 0.29) is 36.7 Å². The number of piperidine rings is 1. The first kappa shape index (κ1) is 20.9. The topological polar surface area (TPSA) is 61.9 Å². The first-order valence-corrected chi connectivity index (χ1v) is 10.2. The Balaban J connectivity index is 0.00000225. The van der Waals surface area contributed by atoms with E-state index in [1.165, 1.54) is 12.8 Å². The van der Waals surface area contributed by atoms with Gasteiger partial charge in [0.05, 0.1) is 0 Å². The molecule has 7 heteroatoms. The largest absolute Gasteiger partial charge is 0.484 e. The minimum Gasteiger partial charge on any atom is -0.484 e. The number of benzene rings is 1. The first-order valence-electron chi connectivity index (χ1n) is 10.2. The van der Waals surface area contributed by atoms with E-state index < -0.39 is 0 Å². The Kier molecular flexibility index (Phi) is 7.18. The molecule has 28 heavy (non-hydrogen) atoms. The second-order valence-electron chi connectivity index (χ2n) is 7.97. The molecule has 2 bridgehead atoms. The second-order valence-corrected chi connectivity index (χ2v) is 7.97. The normalized spacial score (nSPS) is 25.0. The van der Waals surface area contributed by atoms with E-state index in [0.717, 1.165) is 32.4 Å². The lowest BCUT2D eigenvalue weighted by molar-refractivity contribution is -0.141. The van der Waals surface area contributed by atoms with Crippen molar-refractivity contribution in [3.8, 4) is 5.75 Å². The number of likely N-dealkylation sites (tertiary alicyclic amines) is 2. The van der Waals surface area contributed by atoms with Gasteiger partial charge in [0, 0.05) is 44.2 Å². The Labute approximate surface area is 173 Å². The van der Waals surface area contributed by atoms with Crippen LogP contribution in [0.5, 0.6) is 5.75 Å². The second kappa shape index (κ2) is 9.61. The summed E-state index contributed by atoms with van der Waals surface area (Å²) < 4.78 is 5.56. The van der Waals surface area contributed by atoms with Crippen LogP contribution in [-0.2, 0) is 9.59 Å². The quantitative estimate of drug-likeness (QED) is 0.830. The molecular formula is C21H30ClN3O3. The molecule has 0 aromatic heterocycles. The maximum absolute atomic E-state index is 12.9. The molecule has 2 atom stereocenters. The fraction of sp³-hybridized carbons (Fsp3) is 0.619. The summed E-state index contributed by atoms with van der Waals surface area (Å²) in [6.07, 6.45) is 5.01. The van der Waals surface area contributed by atoms with Crippen molar-refractivity contribution in [1.82, 2.24) is 15.1 Å². The molecule has 3 fully saturated rings. The van der Waals surface area contributed by atoms with Crippen LogP contribution in [0, 0.1) is 5.92 Å². The number of ether oxygens (including phenoxy) is 1. The average molecular weight is 408 g/mol. The van der Waals surface area contributed by atoms with E-state index in [2.05, 4.69) is 10.2 Å². The minimum atomic E-state index is 0. The molecular weight excluding hydrogens is 378 g/mol. The van der Waals surface area contributed by atoms with Crippen LogP contribution in [-0.4, -0.2) is 66.5 Å². The highest BCUT2D eigenvalue weighted by atomic mass is 35.5. The number of halogens is 1. The standard InChI is InChI=1S/C21H29N3O3.ClH/c25-20(15-27-19-4-2-1-3-5-19)23-11-8-16(9-12-23)21(26)24-13-10-17-6-7-18(14-24)22-17;/h1-5,16-18,22H,6-15H2;1H. The molecule has 2 amide bonds. The van der Waals surface area contributed by atoms with E-state index >= 15 is 0 Å². The highest BCUT2D eigenvalue weighted by molar-refractivity contribution is 5.85. The van der Waals surface area contributed by atoms with Crippen LogP contribution in [0.1, 0.15) is 32.1 Å². The van der Waals surface area contributed by atoms with Gasteiger partial charge in [-0.3, -0.25) is 9.59 Å². The lowest BCUT2D eigenvalue weighted by Crippen LogP contribution is -2.47. The molecule has 1 aromatic carbocycles. The minimum absolute atomic E-state index is 0. The molecule has 4 rings (SSSR count). The van der Waals surface area contributed by atoms with Gasteiger partial charge in [0.25, 0.3) is 5.91 Å². The van der Waals surface area contributed by atoms with Gasteiger partial charge in [-0.15, -0.1) is 12.4 Å².